The van der Waals surface area contributed by atoms with E-state index in [0.717, 1.165) is 0 Å². The van der Waals surface area contributed by atoms with Gasteiger partial charge in [0.2, 0.25) is 5.91 Å². The normalized spacial score (nSPS) is 11.8. The Morgan fingerprint density at radius 3 is 2.64 bits per heavy atom. The zero-order valence-corrected chi connectivity index (χ0v) is 13.5. The number of nitrogens with one attached hydrogen (secondary N) is 1. The summed E-state index contributed by atoms with van der Waals surface area (Å²) in [7, 11) is 1.51. The molecule has 0 fully saturated rings. The van der Waals surface area contributed by atoms with Gasteiger partial charge in [-0.3, -0.25) is 9.59 Å². The minimum absolute atomic E-state index is 0.306. The summed E-state index contributed by atoms with van der Waals surface area (Å²) < 4.78 is 6.31. The number of methoxy groups -OCH3 is 1. The minimum atomic E-state index is -0.716. The quantitative estimate of drug-likeness (QED) is 0.928. The lowest BCUT2D eigenvalue weighted by atomic mass is 10.2. The van der Waals surface area contributed by atoms with Crippen LogP contribution >= 0.6 is 23.2 Å². The van der Waals surface area contributed by atoms with Gasteiger partial charge < -0.3 is 14.6 Å². The lowest BCUT2D eigenvalue weighted by Gasteiger charge is -2.15. The van der Waals surface area contributed by atoms with Crippen molar-refractivity contribution in [3.8, 4) is 5.75 Å². The van der Waals surface area contributed by atoms with Crippen LogP contribution in [0.4, 0.5) is 5.69 Å². The third kappa shape index (κ3) is 3.61. The summed E-state index contributed by atoms with van der Waals surface area (Å²) >= 11 is 11.9. The molecule has 0 saturated carbocycles. The topological polar surface area (TPSA) is 60.3 Å². The van der Waals surface area contributed by atoms with E-state index < -0.39 is 6.04 Å². The number of amides is 1. The van der Waals surface area contributed by atoms with Crippen molar-refractivity contribution < 1.29 is 9.53 Å². The standard InChI is InChI=1S/C15H14Cl2N2O3/c1-9(19-8-10(16)3-6-14(19)20)15(21)18-11-4-5-13(22-2)12(17)7-11/h3-9H,1-2H3,(H,18,21). The molecule has 0 aliphatic carbocycles. The molecule has 5 nitrogen and oxygen atoms in total. The average molecular weight is 341 g/mol. The van der Waals surface area contributed by atoms with E-state index in [1.54, 1.807) is 25.1 Å². The lowest BCUT2D eigenvalue weighted by Crippen LogP contribution is -2.30. The fourth-order valence-corrected chi connectivity index (χ4v) is 2.32. The van der Waals surface area contributed by atoms with E-state index in [0.29, 0.717) is 21.5 Å². The van der Waals surface area contributed by atoms with Gasteiger partial charge in [-0.25, -0.2) is 0 Å². The van der Waals surface area contributed by atoms with Crippen LogP contribution in [0.5, 0.6) is 5.75 Å². The number of ether oxygens (including phenoxy) is 1. The number of halogens is 2. The van der Waals surface area contributed by atoms with Crippen LogP contribution in [0.1, 0.15) is 13.0 Å². The Balaban J connectivity index is 2.19. The molecule has 0 bridgehead atoms. The molecule has 1 amide bonds. The largest absolute Gasteiger partial charge is 0.495 e. The minimum Gasteiger partial charge on any atom is -0.495 e. The number of hydrogen-bond acceptors (Lipinski definition) is 3. The number of pyridine rings is 1. The van der Waals surface area contributed by atoms with Crippen molar-refractivity contribution in [1.29, 1.82) is 0 Å². The van der Waals surface area contributed by atoms with Crippen LogP contribution in [0, 0.1) is 0 Å². The second-order valence-electron chi connectivity index (χ2n) is 4.61. The molecule has 1 aromatic carbocycles. The van der Waals surface area contributed by atoms with E-state index in [1.165, 1.54) is 30.0 Å². The molecule has 1 aromatic heterocycles. The molecular formula is C15H14Cl2N2O3. The van der Waals surface area contributed by atoms with Gasteiger partial charge in [0.05, 0.1) is 17.2 Å². The van der Waals surface area contributed by atoms with Gasteiger partial charge in [0.15, 0.2) is 0 Å². The Hall–Kier alpha value is -1.98. The number of benzene rings is 1. The number of nitrogens with zero attached hydrogens (tertiary/aromatic N) is 1. The van der Waals surface area contributed by atoms with Crippen LogP contribution in [-0.4, -0.2) is 17.6 Å². The van der Waals surface area contributed by atoms with Crippen molar-refractivity contribution in [1.82, 2.24) is 4.57 Å². The Kier molecular flexibility index (Phi) is 5.11. The van der Waals surface area contributed by atoms with Crippen molar-refractivity contribution in [2.24, 2.45) is 0 Å². The fraction of sp³-hybridized carbons (Fsp3) is 0.200. The van der Waals surface area contributed by atoms with Gasteiger partial charge >= 0.3 is 0 Å². The van der Waals surface area contributed by atoms with Crippen LogP contribution in [0.2, 0.25) is 10.0 Å². The van der Waals surface area contributed by atoms with Gasteiger partial charge in [-0.05, 0) is 31.2 Å². The molecule has 0 aliphatic heterocycles. The Morgan fingerprint density at radius 1 is 1.27 bits per heavy atom. The van der Waals surface area contributed by atoms with E-state index in [-0.39, 0.29) is 11.5 Å². The summed E-state index contributed by atoms with van der Waals surface area (Å²) in [5.41, 5.74) is 0.206. The monoisotopic (exact) mass is 340 g/mol. The molecule has 0 radical (unpaired) electrons. The maximum absolute atomic E-state index is 12.3. The van der Waals surface area contributed by atoms with Crippen LogP contribution in [-0.2, 0) is 4.79 Å². The van der Waals surface area contributed by atoms with E-state index in [2.05, 4.69) is 5.32 Å². The van der Waals surface area contributed by atoms with Crippen molar-refractivity contribution in [2.75, 3.05) is 12.4 Å². The van der Waals surface area contributed by atoms with Gasteiger partial charge in [0.1, 0.15) is 11.8 Å². The van der Waals surface area contributed by atoms with Crippen molar-refractivity contribution in [3.63, 3.8) is 0 Å². The third-order valence-electron chi connectivity index (χ3n) is 3.12. The fourth-order valence-electron chi connectivity index (χ4n) is 1.90. The number of carbonyl (C=O) groups is 1. The summed E-state index contributed by atoms with van der Waals surface area (Å²) in [6.45, 7) is 1.61. The van der Waals surface area contributed by atoms with Crippen molar-refractivity contribution >= 4 is 34.8 Å². The molecule has 0 aliphatic rings. The molecule has 22 heavy (non-hydrogen) atoms. The van der Waals surface area contributed by atoms with Gasteiger partial charge in [0.25, 0.3) is 5.56 Å². The predicted octanol–water partition coefficient (Wildman–Crippen LogP) is 3.36. The van der Waals surface area contributed by atoms with E-state index >= 15 is 0 Å². The van der Waals surface area contributed by atoms with Crippen LogP contribution < -0.4 is 15.6 Å². The van der Waals surface area contributed by atoms with Gasteiger partial charge in [0, 0.05) is 18.0 Å². The number of anilines is 1. The Bertz CT molecular complexity index is 759. The third-order valence-corrected chi connectivity index (χ3v) is 3.64. The molecule has 2 aromatic rings. The first-order valence-corrected chi connectivity index (χ1v) is 7.20. The molecule has 2 rings (SSSR count). The summed E-state index contributed by atoms with van der Waals surface area (Å²) in [6, 6.07) is 6.97. The second kappa shape index (κ2) is 6.85. The first-order chi connectivity index (χ1) is 10.4. The average Bonchev–Trinajstić information content (AvgIpc) is 2.49. The number of rotatable bonds is 4. The maximum Gasteiger partial charge on any atom is 0.251 e. The van der Waals surface area contributed by atoms with Crippen LogP contribution in [0.25, 0.3) is 0 Å². The van der Waals surface area contributed by atoms with Gasteiger partial charge in [-0.1, -0.05) is 23.2 Å². The zero-order valence-electron chi connectivity index (χ0n) is 12.0. The van der Waals surface area contributed by atoms with Crippen molar-refractivity contribution in [2.45, 2.75) is 13.0 Å². The predicted molar refractivity (Wildman–Crippen MR) is 87.1 cm³/mol. The molecule has 116 valence electrons. The molecule has 0 saturated heterocycles. The molecule has 1 N–H and O–H groups in total. The van der Waals surface area contributed by atoms with Crippen molar-refractivity contribution in [3.05, 3.63) is 56.9 Å². The lowest BCUT2D eigenvalue weighted by molar-refractivity contribution is -0.118. The highest BCUT2D eigenvalue weighted by molar-refractivity contribution is 6.32. The summed E-state index contributed by atoms with van der Waals surface area (Å²) in [4.78, 5) is 24.0. The number of carbonyl (C=O) groups excluding carboxylic acids is 1. The summed E-state index contributed by atoms with van der Waals surface area (Å²) in [5.74, 6) is 0.157. The highest BCUT2D eigenvalue weighted by Crippen LogP contribution is 2.27. The highest BCUT2D eigenvalue weighted by atomic mass is 35.5. The van der Waals surface area contributed by atoms with Gasteiger partial charge in [-0.2, -0.15) is 0 Å². The molecule has 1 atom stereocenters. The van der Waals surface area contributed by atoms with E-state index in [1.807, 2.05) is 0 Å². The Labute approximate surface area is 137 Å². The molecular weight excluding hydrogens is 327 g/mol. The number of aromatic nitrogens is 1. The number of hydrogen-bond donors (Lipinski definition) is 1. The summed E-state index contributed by atoms with van der Waals surface area (Å²) in [6.07, 6.45) is 1.43. The Morgan fingerprint density at radius 2 is 2.00 bits per heavy atom. The van der Waals surface area contributed by atoms with Crippen LogP contribution in [0.3, 0.4) is 0 Å². The first-order valence-electron chi connectivity index (χ1n) is 6.44. The molecule has 1 heterocycles. The van der Waals surface area contributed by atoms with Gasteiger partial charge in [-0.15, -0.1) is 0 Å². The smallest absolute Gasteiger partial charge is 0.251 e. The maximum atomic E-state index is 12.3. The molecule has 1 unspecified atom stereocenters. The highest BCUT2D eigenvalue weighted by Gasteiger charge is 2.17. The van der Waals surface area contributed by atoms with Crippen LogP contribution in [0.15, 0.2) is 41.3 Å². The first kappa shape index (κ1) is 16.4. The SMILES string of the molecule is COc1ccc(NC(=O)C(C)n2cc(Cl)ccc2=O)cc1Cl. The zero-order chi connectivity index (χ0) is 16.3. The van der Waals surface area contributed by atoms with E-state index in [4.69, 9.17) is 27.9 Å². The second-order valence-corrected chi connectivity index (χ2v) is 5.45. The van der Waals surface area contributed by atoms with E-state index in [9.17, 15) is 9.59 Å². The molecule has 7 heteroatoms. The summed E-state index contributed by atoms with van der Waals surface area (Å²) in [5, 5.41) is 3.46. The molecule has 0 spiro atoms.